The van der Waals surface area contributed by atoms with E-state index < -0.39 is 6.10 Å². The van der Waals surface area contributed by atoms with Crippen LogP contribution in [0.25, 0.3) is 0 Å². The third-order valence-electron chi connectivity index (χ3n) is 13.6. The van der Waals surface area contributed by atoms with Crippen LogP contribution >= 0.6 is 0 Å². The van der Waals surface area contributed by atoms with E-state index in [1.165, 1.54) is 154 Å². The highest BCUT2D eigenvalue weighted by molar-refractivity contribution is 5.71. The SMILES string of the molecule is CC/C=C\C/C=C\C/C=C\C/C=C\C/C=C\CCCCCC(=O)OC(COC(=O)CCCCCCC/C=C\CCC)COC(=O)CCCCCCCCCCCCCCCCC/C=C\CCCCCCCCCC. The molecule has 0 fully saturated rings. The number of hydrogen-bond acceptors (Lipinski definition) is 6. The van der Waals surface area contributed by atoms with Gasteiger partial charge in [0.15, 0.2) is 6.10 Å². The summed E-state index contributed by atoms with van der Waals surface area (Å²) >= 11 is 0. The predicted molar refractivity (Wildman–Crippen MR) is 321 cm³/mol. The molecule has 0 rings (SSSR count). The number of ether oxygens (including phenoxy) is 3. The van der Waals surface area contributed by atoms with E-state index in [2.05, 4.69) is 106 Å². The Kier molecular flexibility index (Phi) is 59.3. The Hall–Kier alpha value is -3.41. The zero-order valence-electron chi connectivity index (χ0n) is 48.8. The van der Waals surface area contributed by atoms with Gasteiger partial charge in [0.2, 0.25) is 0 Å². The second-order valence-corrected chi connectivity index (χ2v) is 20.9. The molecule has 0 heterocycles. The van der Waals surface area contributed by atoms with Gasteiger partial charge in [-0.2, -0.15) is 0 Å². The molecule has 0 N–H and O–H groups in total. The van der Waals surface area contributed by atoms with Crippen LogP contribution in [0.2, 0.25) is 0 Å². The minimum Gasteiger partial charge on any atom is -0.462 e. The van der Waals surface area contributed by atoms with E-state index in [0.717, 1.165) is 116 Å². The molecule has 6 nitrogen and oxygen atoms in total. The molecule has 1 unspecified atom stereocenters. The van der Waals surface area contributed by atoms with Gasteiger partial charge in [-0.05, 0) is 109 Å². The maximum absolute atomic E-state index is 12.9. The van der Waals surface area contributed by atoms with Gasteiger partial charge in [0.1, 0.15) is 13.2 Å². The molecular weight excluding hydrogens is 913 g/mol. The van der Waals surface area contributed by atoms with Crippen molar-refractivity contribution < 1.29 is 28.6 Å². The van der Waals surface area contributed by atoms with Crippen LogP contribution in [0, 0.1) is 0 Å². The molecule has 0 saturated heterocycles. The third kappa shape index (κ3) is 59.5. The van der Waals surface area contributed by atoms with Gasteiger partial charge in [0.25, 0.3) is 0 Å². The maximum Gasteiger partial charge on any atom is 0.306 e. The first kappa shape index (κ1) is 70.6. The highest BCUT2D eigenvalue weighted by Gasteiger charge is 2.19. The number of esters is 3. The summed E-state index contributed by atoms with van der Waals surface area (Å²) in [5, 5.41) is 0. The molecule has 0 aliphatic rings. The summed E-state index contributed by atoms with van der Waals surface area (Å²) in [7, 11) is 0. The molecule has 0 aromatic rings. The van der Waals surface area contributed by atoms with E-state index in [0.29, 0.717) is 12.8 Å². The van der Waals surface area contributed by atoms with Crippen LogP contribution < -0.4 is 0 Å². The van der Waals surface area contributed by atoms with E-state index in [-0.39, 0.29) is 37.5 Å². The summed E-state index contributed by atoms with van der Waals surface area (Å²) in [5.41, 5.74) is 0. The predicted octanol–water partition coefficient (Wildman–Crippen LogP) is 21.5. The molecule has 0 aromatic heterocycles. The standard InChI is InChI=1S/C68H118O6/c1-4-7-10-13-16-19-22-24-26-28-30-31-32-33-34-35-36-37-39-40-42-44-46-49-52-55-58-61-67(70)73-64-65(63-72-66(69)60-57-54-51-48-21-18-15-12-9-6-3)74-68(71)62-59-56-53-50-47-45-43-41-38-29-27-25-23-20-17-14-11-8-5-2/h8,11-12,15,17,20,25,27-28,30,38,41,45,47,65H,4-7,9-10,13-14,16,18-19,21-24,26,29,31-37,39-40,42-44,46,48-64H2,1-3H3/b11-8-,15-12-,20-17-,27-25-,30-28-,41-38-,47-45-. The van der Waals surface area contributed by atoms with Gasteiger partial charge in [-0.15, -0.1) is 0 Å². The molecule has 1 atom stereocenters. The monoisotopic (exact) mass is 1030 g/mol. The van der Waals surface area contributed by atoms with Crippen LogP contribution in [0.1, 0.15) is 310 Å². The lowest BCUT2D eigenvalue weighted by Gasteiger charge is -2.18. The van der Waals surface area contributed by atoms with E-state index in [9.17, 15) is 14.4 Å². The largest absolute Gasteiger partial charge is 0.462 e. The van der Waals surface area contributed by atoms with E-state index in [1.54, 1.807) is 0 Å². The maximum atomic E-state index is 12.9. The molecule has 0 amide bonds. The summed E-state index contributed by atoms with van der Waals surface area (Å²) in [4.78, 5) is 38.2. The Labute approximate surface area is 458 Å². The first-order chi connectivity index (χ1) is 36.5. The highest BCUT2D eigenvalue weighted by Crippen LogP contribution is 2.16. The van der Waals surface area contributed by atoms with Crippen molar-refractivity contribution in [1.82, 2.24) is 0 Å². The van der Waals surface area contributed by atoms with Crippen molar-refractivity contribution >= 4 is 17.9 Å². The van der Waals surface area contributed by atoms with Crippen LogP contribution in [0.4, 0.5) is 0 Å². The number of hydrogen-bond donors (Lipinski definition) is 0. The van der Waals surface area contributed by atoms with Gasteiger partial charge in [-0.1, -0.05) is 266 Å². The van der Waals surface area contributed by atoms with Gasteiger partial charge in [-0.25, -0.2) is 0 Å². The zero-order chi connectivity index (χ0) is 53.6. The van der Waals surface area contributed by atoms with Crippen LogP contribution in [-0.4, -0.2) is 37.2 Å². The Morgan fingerprint density at radius 1 is 0.284 bits per heavy atom. The Bertz CT molecular complexity index is 1420. The average molecular weight is 1030 g/mol. The quantitative estimate of drug-likeness (QED) is 0.0261. The molecule has 0 bridgehead atoms. The van der Waals surface area contributed by atoms with Crippen LogP contribution in [-0.2, 0) is 28.6 Å². The summed E-state index contributed by atoms with van der Waals surface area (Å²) in [6.07, 6.45) is 81.8. The molecule has 0 aromatic carbocycles. The van der Waals surface area contributed by atoms with Gasteiger partial charge < -0.3 is 14.2 Å². The van der Waals surface area contributed by atoms with E-state index >= 15 is 0 Å². The number of carbonyl (C=O) groups is 3. The molecule has 426 valence electrons. The fourth-order valence-corrected chi connectivity index (χ4v) is 8.88. The van der Waals surface area contributed by atoms with Crippen molar-refractivity contribution in [2.24, 2.45) is 0 Å². The Morgan fingerprint density at radius 2 is 0.554 bits per heavy atom. The molecule has 0 saturated carbocycles. The summed E-state index contributed by atoms with van der Waals surface area (Å²) in [6, 6.07) is 0. The molecule has 0 aliphatic heterocycles. The molecule has 0 radical (unpaired) electrons. The van der Waals surface area contributed by atoms with Crippen molar-refractivity contribution in [2.75, 3.05) is 13.2 Å². The lowest BCUT2D eigenvalue weighted by Crippen LogP contribution is -2.30. The lowest BCUT2D eigenvalue weighted by atomic mass is 10.0. The molecule has 74 heavy (non-hydrogen) atoms. The zero-order valence-corrected chi connectivity index (χ0v) is 48.8. The second-order valence-electron chi connectivity index (χ2n) is 20.9. The number of rotatable bonds is 57. The minimum absolute atomic E-state index is 0.0913. The first-order valence-electron chi connectivity index (χ1n) is 31.6. The fourth-order valence-electron chi connectivity index (χ4n) is 8.88. The third-order valence-corrected chi connectivity index (χ3v) is 13.6. The van der Waals surface area contributed by atoms with Crippen molar-refractivity contribution in [3.8, 4) is 0 Å². The highest BCUT2D eigenvalue weighted by atomic mass is 16.6. The Morgan fingerprint density at radius 3 is 0.905 bits per heavy atom. The van der Waals surface area contributed by atoms with Gasteiger partial charge in [-0.3, -0.25) is 14.4 Å². The summed E-state index contributed by atoms with van der Waals surface area (Å²) in [6.45, 7) is 6.45. The Balaban J connectivity index is 4.24. The van der Waals surface area contributed by atoms with Gasteiger partial charge >= 0.3 is 17.9 Å². The van der Waals surface area contributed by atoms with Crippen molar-refractivity contribution in [2.45, 2.75) is 316 Å². The molecule has 6 heteroatoms. The van der Waals surface area contributed by atoms with E-state index in [4.69, 9.17) is 14.2 Å². The summed E-state index contributed by atoms with van der Waals surface area (Å²) < 4.78 is 16.8. The minimum atomic E-state index is -0.797. The molecule has 0 spiro atoms. The van der Waals surface area contributed by atoms with Crippen LogP contribution in [0.5, 0.6) is 0 Å². The van der Waals surface area contributed by atoms with Crippen molar-refractivity contribution in [3.63, 3.8) is 0 Å². The second kappa shape index (κ2) is 62.1. The molecular formula is C68H118O6. The number of allylic oxidation sites excluding steroid dienone is 14. The van der Waals surface area contributed by atoms with Crippen molar-refractivity contribution in [1.29, 1.82) is 0 Å². The number of carbonyl (C=O) groups excluding carboxylic acids is 3. The van der Waals surface area contributed by atoms with Crippen molar-refractivity contribution in [3.05, 3.63) is 85.1 Å². The van der Waals surface area contributed by atoms with Crippen LogP contribution in [0.15, 0.2) is 85.1 Å². The smallest absolute Gasteiger partial charge is 0.306 e. The average Bonchev–Trinajstić information content (AvgIpc) is 3.40. The van der Waals surface area contributed by atoms with Gasteiger partial charge in [0.05, 0.1) is 0 Å². The topological polar surface area (TPSA) is 78.9 Å². The lowest BCUT2D eigenvalue weighted by molar-refractivity contribution is -0.167. The molecule has 0 aliphatic carbocycles. The van der Waals surface area contributed by atoms with E-state index in [1.807, 2.05) is 0 Å². The normalized spacial score (nSPS) is 12.6. The first-order valence-corrected chi connectivity index (χ1v) is 31.6. The fraction of sp³-hybridized carbons (Fsp3) is 0.750. The van der Waals surface area contributed by atoms with Crippen LogP contribution in [0.3, 0.4) is 0 Å². The number of unbranched alkanes of at least 4 members (excludes halogenated alkanes) is 32. The summed E-state index contributed by atoms with van der Waals surface area (Å²) in [5.74, 6) is -0.927. The van der Waals surface area contributed by atoms with Gasteiger partial charge in [0, 0.05) is 19.3 Å².